The number of aromatic amines is 1. The van der Waals surface area contributed by atoms with E-state index in [0.29, 0.717) is 17.0 Å². The van der Waals surface area contributed by atoms with E-state index in [4.69, 9.17) is 10.5 Å². The smallest absolute Gasteiger partial charge is 0.255 e. The lowest BCUT2D eigenvalue weighted by molar-refractivity contribution is 0.102. The van der Waals surface area contributed by atoms with Crippen molar-refractivity contribution >= 4 is 11.6 Å². The molecule has 2 aromatic carbocycles. The lowest BCUT2D eigenvalue weighted by Crippen LogP contribution is -2.14. The molecule has 1 amide bonds. The summed E-state index contributed by atoms with van der Waals surface area (Å²) in [5.74, 6) is -1.69. The number of nitrogens with one attached hydrogen (secondary N) is 2. The van der Waals surface area contributed by atoms with Crippen LogP contribution in [0.5, 0.6) is 11.5 Å². The average molecular weight is 419 g/mol. The number of amides is 1. The third-order valence-corrected chi connectivity index (χ3v) is 4.48. The highest BCUT2D eigenvalue weighted by Gasteiger charge is 2.14. The zero-order valence-corrected chi connectivity index (χ0v) is 16.2. The van der Waals surface area contributed by atoms with Crippen LogP contribution in [0.4, 0.5) is 14.5 Å². The number of carbonyl (C=O) groups is 1. The van der Waals surface area contributed by atoms with Crippen LogP contribution in [0.15, 0.2) is 67.0 Å². The number of aromatic nitrogens is 2. The van der Waals surface area contributed by atoms with Gasteiger partial charge in [-0.1, -0.05) is 6.07 Å². The largest absolute Gasteiger partial charge is 0.454 e. The van der Waals surface area contributed by atoms with Gasteiger partial charge in [-0.2, -0.15) is 0 Å². The van der Waals surface area contributed by atoms with E-state index < -0.39 is 17.5 Å². The molecule has 1 radical (unpaired) electrons. The summed E-state index contributed by atoms with van der Waals surface area (Å²) in [5, 5.41) is 2.47. The molecule has 0 bridgehead atoms. The third kappa shape index (κ3) is 4.59. The van der Waals surface area contributed by atoms with Gasteiger partial charge in [0.25, 0.3) is 5.91 Å². The number of hydrogen-bond donors (Lipinski definition) is 3. The number of H-pyrrole nitrogens is 1. The normalized spacial score (nSPS) is 10.7. The third-order valence-electron chi connectivity index (χ3n) is 4.48. The minimum absolute atomic E-state index is 0.0127. The summed E-state index contributed by atoms with van der Waals surface area (Å²) in [4.78, 5) is 19.8. The van der Waals surface area contributed by atoms with Crippen molar-refractivity contribution in [2.45, 2.75) is 6.54 Å². The van der Waals surface area contributed by atoms with E-state index in [1.54, 1.807) is 24.4 Å². The van der Waals surface area contributed by atoms with E-state index in [-0.39, 0.29) is 23.5 Å². The lowest BCUT2D eigenvalue weighted by Gasteiger charge is -2.11. The van der Waals surface area contributed by atoms with Gasteiger partial charge in [-0.15, -0.1) is 0 Å². The van der Waals surface area contributed by atoms with Crippen LogP contribution in [0, 0.1) is 17.7 Å². The van der Waals surface area contributed by atoms with Crippen molar-refractivity contribution in [2.75, 3.05) is 5.32 Å². The number of benzene rings is 2. The summed E-state index contributed by atoms with van der Waals surface area (Å²) >= 11 is 0. The molecule has 31 heavy (non-hydrogen) atoms. The van der Waals surface area contributed by atoms with E-state index in [1.165, 1.54) is 36.5 Å². The van der Waals surface area contributed by atoms with Crippen molar-refractivity contribution in [1.29, 1.82) is 0 Å². The molecule has 4 N–H and O–H groups in total. The van der Waals surface area contributed by atoms with Gasteiger partial charge in [0.2, 0.25) is 0 Å². The van der Waals surface area contributed by atoms with Crippen molar-refractivity contribution in [2.24, 2.45) is 5.73 Å². The van der Waals surface area contributed by atoms with Crippen LogP contribution in [-0.2, 0) is 6.54 Å². The molecule has 0 unspecified atom stereocenters. The summed E-state index contributed by atoms with van der Waals surface area (Å²) in [6.07, 6.45) is 3.16. The fraction of sp³-hybridized carbons (Fsp3) is 0.0435. The quantitative estimate of drug-likeness (QED) is 0.424. The van der Waals surface area contributed by atoms with Crippen LogP contribution in [0.1, 0.15) is 15.9 Å². The Labute approximate surface area is 176 Å². The molecule has 0 fully saturated rings. The van der Waals surface area contributed by atoms with Crippen molar-refractivity contribution in [3.8, 4) is 22.9 Å². The second-order valence-corrected chi connectivity index (χ2v) is 6.61. The molecule has 2 aromatic heterocycles. The Bertz CT molecular complexity index is 1230. The van der Waals surface area contributed by atoms with Gasteiger partial charge in [0.15, 0.2) is 11.6 Å². The van der Waals surface area contributed by atoms with Crippen molar-refractivity contribution in [3.05, 3.63) is 95.8 Å². The Kier molecular flexibility index (Phi) is 5.72. The number of hydrogen-bond acceptors (Lipinski definition) is 4. The number of nitrogens with two attached hydrogens (primary N) is 1. The first-order valence-corrected chi connectivity index (χ1v) is 9.31. The summed E-state index contributed by atoms with van der Waals surface area (Å²) in [7, 11) is 0. The molecule has 0 atom stereocenters. The molecule has 8 heteroatoms. The van der Waals surface area contributed by atoms with Gasteiger partial charge in [-0.05, 0) is 48.0 Å². The molecule has 4 rings (SSSR count). The summed E-state index contributed by atoms with van der Waals surface area (Å²) in [5.41, 5.74) is 7.62. The molecule has 0 saturated heterocycles. The molecule has 0 aliphatic heterocycles. The standard InChI is InChI=1S/C23H17F2N4O2/c24-17-5-3-14(13-26)10-20(17)29-23(30)15-4-6-18(25)22(11-15)31-16-7-9-28-21(12-16)19-2-1-8-27-19/h2-12,27H,13,26H2,(H,29,30). The van der Waals surface area contributed by atoms with Crippen molar-refractivity contribution < 1.29 is 18.3 Å². The van der Waals surface area contributed by atoms with E-state index in [0.717, 1.165) is 11.8 Å². The summed E-state index contributed by atoms with van der Waals surface area (Å²) in [6.45, 7) is 0.201. The number of rotatable bonds is 6. The van der Waals surface area contributed by atoms with E-state index in [1.807, 2.05) is 0 Å². The predicted molar refractivity (Wildman–Crippen MR) is 112 cm³/mol. The Morgan fingerprint density at radius 1 is 1.13 bits per heavy atom. The van der Waals surface area contributed by atoms with Gasteiger partial charge in [0, 0.05) is 36.6 Å². The van der Waals surface area contributed by atoms with Crippen LogP contribution in [-0.4, -0.2) is 15.9 Å². The Hall–Kier alpha value is -4.04. The highest BCUT2D eigenvalue weighted by molar-refractivity contribution is 6.04. The lowest BCUT2D eigenvalue weighted by atomic mass is 10.1. The van der Waals surface area contributed by atoms with E-state index in [2.05, 4.69) is 21.4 Å². The van der Waals surface area contributed by atoms with Gasteiger partial charge in [0.05, 0.1) is 17.1 Å². The molecule has 155 valence electrons. The minimum Gasteiger partial charge on any atom is -0.454 e. The second-order valence-electron chi connectivity index (χ2n) is 6.61. The van der Waals surface area contributed by atoms with Gasteiger partial charge >= 0.3 is 0 Å². The number of carbonyl (C=O) groups excluding carboxylic acids is 1. The van der Waals surface area contributed by atoms with E-state index >= 15 is 0 Å². The molecule has 0 spiro atoms. The van der Waals surface area contributed by atoms with Crippen LogP contribution in [0.2, 0.25) is 0 Å². The Morgan fingerprint density at radius 3 is 2.74 bits per heavy atom. The van der Waals surface area contributed by atoms with Gasteiger partial charge in [-0.3, -0.25) is 9.78 Å². The number of anilines is 1. The monoisotopic (exact) mass is 419 g/mol. The maximum Gasteiger partial charge on any atom is 0.255 e. The van der Waals surface area contributed by atoms with Crippen LogP contribution >= 0.6 is 0 Å². The predicted octanol–water partition coefficient (Wildman–Crippen LogP) is 4.66. The zero-order chi connectivity index (χ0) is 21.8. The molecule has 4 aromatic rings. The van der Waals surface area contributed by atoms with Crippen molar-refractivity contribution in [1.82, 2.24) is 9.97 Å². The van der Waals surface area contributed by atoms with Crippen LogP contribution in [0.25, 0.3) is 11.4 Å². The average Bonchev–Trinajstić information content (AvgIpc) is 3.32. The first kappa shape index (κ1) is 20.2. The Balaban J connectivity index is 1.56. The van der Waals surface area contributed by atoms with Gasteiger partial charge in [-0.25, -0.2) is 8.78 Å². The van der Waals surface area contributed by atoms with E-state index in [9.17, 15) is 13.6 Å². The van der Waals surface area contributed by atoms with Crippen LogP contribution in [0.3, 0.4) is 0 Å². The Morgan fingerprint density at radius 2 is 1.97 bits per heavy atom. The molecular formula is C23H17F2N4O2. The first-order valence-electron chi connectivity index (χ1n) is 9.31. The topological polar surface area (TPSA) is 93.0 Å². The van der Waals surface area contributed by atoms with Gasteiger partial charge in [0.1, 0.15) is 11.6 Å². The number of ether oxygens (including phenoxy) is 1. The fourth-order valence-electron chi connectivity index (χ4n) is 2.90. The van der Waals surface area contributed by atoms with Gasteiger partial charge < -0.3 is 20.8 Å². The molecule has 0 aliphatic carbocycles. The summed E-state index contributed by atoms with van der Waals surface area (Å²) < 4.78 is 34.0. The SMILES string of the molecule is NCc1ccc(F)c(NC(=O)c2ccc(F)c(Oc3ccnc(-c4c[c]c[nH]4)c3)c2)c1. The fourth-order valence-corrected chi connectivity index (χ4v) is 2.90. The van der Waals surface area contributed by atoms with Crippen molar-refractivity contribution in [3.63, 3.8) is 0 Å². The number of halogens is 2. The molecule has 0 aliphatic rings. The molecular weight excluding hydrogens is 402 g/mol. The maximum atomic E-state index is 14.3. The zero-order valence-electron chi connectivity index (χ0n) is 16.2. The highest BCUT2D eigenvalue weighted by atomic mass is 19.1. The summed E-state index contributed by atoms with van der Waals surface area (Å²) in [6, 6.07) is 15.6. The highest BCUT2D eigenvalue weighted by Crippen LogP contribution is 2.28. The number of nitrogens with zero attached hydrogens (tertiary/aromatic N) is 1. The number of pyridine rings is 1. The maximum absolute atomic E-state index is 14.3. The molecule has 0 saturated carbocycles. The van der Waals surface area contributed by atoms with Crippen LogP contribution < -0.4 is 15.8 Å². The minimum atomic E-state index is -0.653. The molecule has 2 heterocycles. The second kappa shape index (κ2) is 8.76. The first-order chi connectivity index (χ1) is 15.0. The molecule has 6 nitrogen and oxygen atoms in total.